The number of hydrogen-bond donors (Lipinski definition) is 2. The van der Waals surface area contributed by atoms with Crippen molar-refractivity contribution >= 4 is 11.6 Å². The van der Waals surface area contributed by atoms with E-state index in [-0.39, 0.29) is 12.0 Å². The fourth-order valence-electron chi connectivity index (χ4n) is 3.12. The summed E-state index contributed by atoms with van der Waals surface area (Å²) in [5.74, 6) is -0.0149. The highest BCUT2D eigenvalue weighted by Gasteiger charge is 2.41. The number of amides is 1. The molecule has 3 rings (SSSR count). The summed E-state index contributed by atoms with van der Waals surface area (Å²) in [4.78, 5) is 12.1. The fourth-order valence-corrected chi connectivity index (χ4v) is 3.12. The van der Waals surface area contributed by atoms with Crippen LogP contribution in [0.5, 0.6) is 0 Å². The Morgan fingerprint density at radius 1 is 1.45 bits per heavy atom. The quantitative estimate of drug-likeness (QED) is 0.871. The van der Waals surface area contributed by atoms with E-state index in [9.17, 15) is 9.90 Å². The maximum Gasteiger partial charge on any atom is 0.234 e. The zero-order chi connectivity index (χ0) is 14.5. The van der Waals surface area contributed by atoms with Crippen molar-refractivity contribution in [2.24, 2.45) is 0 Å². The summed E-state index contributed by atoms with van der Waals surface area (Å²) >= 11 is 0. The Labute approximate surface area is 119 Å². The van der Waals surface area contributed by atoms with Crippen LogP contribution >= 0.6 is 0 Å². The van der Waals surface area contributed by atoms with Gasteiger partial charge in [0.25, 0.3) is 0 Å². The number of anilines is 1. The van der Waals surface area contributed by atoms with E-state index in [1.165, 1.54) is 0 Å². The zero-order valence-corrected chi connectivity index (χ0v) is 12.2. The minimum Gasteiger partial charge on any atom is -0.386 e. The number of carbonyl (C=O) groups is 1. The van der Waals surface area contributed by atoms with Gasteiger partial charge in [0.15, 0.2) is 0 Å². The maximum atomic E-state index is 12.1. The second-order valence-corrected chi connectivity index (χ2v) is 6.35. The topological polar surface area (TPSA) is 58.6 Å². The van der Waals surface area contributed by atoms with Crippen molar-refractivity contribution in [3.8, 4) is 0 Å². The number of ether oxygens (including phenoxy) is 1. The molecule has 2 atom stereocenters. The minimum absolute atomic E-state index is 0.0149. The van der Waals surface area contributed by atoms with Crippen molar-refractivity contribution in [3.05, 3.63) is 28.8 Å². The van der Waals surface area contributed by atoms with Gasteiger partial charge in [0.05, 0.1) is 17.2 Å². The van der Waals surface area contributed by atoms with Gasteiger partial charge < -0.3 is 15.2 Å². The highest BCUT2D eigenvalue weighted by atomic mass is 16.5. The van der Waals surface area contributed by atoms with Crippen LogP contribution in [0.1, 0.15) is 49.5 Å². The molecule has 2 aliphatic heterocycles. The number of hydrogen-bond acceptors (Lipinski definition) is 3. The van der Waals surface area contributed by atoms with E-state index < -0.39 is 11.5 Å². The van der Waals surface area contributed by atoms with E-state index in [1.54, 1.807) is 0 Å². The van der Waals surface area contributed by atoms with Gasteiger partial charge in [-0.15, -0.1) is 0 Å². The van der Waals surface area contributed by atoms with E-state index in [0.29, 0.717) is 6.61 Å². The van der Waals surface area contributed by atoms with E-state index >= 15 is 0 Å². The van der Waals surface area contributed by atoms with Gasteiger partial charge in [-0.2, -0.15) is 0 Å². The Morgan fingerprint density at radius 3 is 2.85 bits per heavy atom. The highest BCUT2D eigenvalue weighted by molar-refractivity contribution is 6.06. The maximum absolute atomic E-state index is 12.1. The number of aliphatic hydroxyl groups excluding tert-OH is 1. The minimum atomic E-state index is -0.680. The molecule has 1 amide bonds. The predicted molar refractivity (Wildman–Crippen MR) is 76.8 cm³/mol. The third-order valence-corrected chi connectivity index (χ3v) is 4.43. The molecule has 0 saturated carbocycles. The Balaban J connectivity index is 2.07. The van der Waals surface area contributed by atoms with Gasteiger partial charge in [0.1, 0.15) is 6.10 Å². The van der Waals surface area contributed by atoms with Gasteiger partial charge in [-0.3, -0.25) is 4.79 Å². The summed E-state index contributed by atoms with van der Waals surface area (Å²) in [5.41, 5.74) is 3.03. The highest BCUT2D eigenvalue weighted by Crippen LogP contribution is 2.43. The Morgan fingerprint density at radius 2 is 2.20 bits per heavy atom. The molecule has 2 heterocycles. The molecular weight excluding hydrogens is 254 g/mol. The molecule has 1 aromatic carbocycles. The van der Waals surface area contributed by atoms with Gasteiger partial charge in [-0.25, -0.2) is 0 Å². The summed E-state index contributed by atoms with van der Waals surface area (Å²) in [5, 5.41) is 13.5. The monoisotopic (exact) mass is 275 g/mol. The number of carbonyl (C=O) groups excluding carboxylic acids is 1. The average Bonchev–Trinajstić information content (AvgIpc) is 2.99. The number of rotatable bonds is 2. The van der Waals surface area contributed by atoms with Crippen LogP contribution in [0.2, 0.25) is 0 Å². The Kier molecular flexibility index (Phi) is 3.10. The van der Waals surface area contributed by atoms with Crippen LogP contribution in [0.25, 0.3) is 0 Å². The number of fused-ring (bicyclic) bond motifs is 1. The molecule has 0 aromatic heterocycles. The second-order valence-electron chi connectivity index (χ2n) is 6.35. The standard InChI is InChI=1S/C16H21NO3/c1-9-7-10(14(18)12-5-4-6-20-12)13-11(8-9)16(2,3)15(19)17-13/h7-8,12,14,18H,4-6H2,1-3H3,(H,17,19). The molecule has 1 fully saturated rings. The van der Waals surface area contributed by atoms with Crippen molar-refractivity contribution < 1.29 is 14.6 Å². The fraction of sp³-hybridized carbons (Fsp3) is 0.562. The van der Waals surface area contributed by atoms with Crippen LogP contribution in [-0.2, 0) is 14.9 Å². The van der Waals surface area contributed by atoms with Crippen LogP contribution in [0.3, 0.4) is 0 Å². The lowest BCUT2D eigenvalue weighted by Crippen LogP contribution is -2.26. The molecule has 0 aliphatic carbocycles. The molecule has 1 saturated heterocycles. The van der Waals surface area contributed by atoms with Crippen LogP contribution in [0.15, 0.2) is 12.1 Å². The van der Waals surface area contributed by atoms with E-state index in [4.69, 9.17) is 4.74 Å². The molecular formula is C16H21NO3. The summed E-state index contributed by atoms with van der Waals surface area (Å²) < 4.78 is 5.58. The average molecular weight is 275 g/mol. The molecule has 4 nitrogen and oxygen atoms in total. The zero-order valence-electron chi connectivity index (χ0n) is 12.2. The largest absolute Gasteiger partial charge is 0.386 e. The van der Waals surface area contributed by atoms with Crippen LogP contribution in [0.4, 0.5) is 5.69 Å². The van der Waals surface area contributed by atoms with Crippen molar-refractivity contribution in [1.29, 1.82) is 0 Å². The molecule has 2 N–H and O–H groups in total. The molecule has 0 spiro atoms. The molecule has 20 heavy (non-hydrogen) atoms. The van der Waals surface area contributed by atoms with Crippen LogP contribution in [-0.4, -0.2) is 23.7 Å². The normalized spacial score (nSPS) is 25.4. The van der Waals surface area contributed by atoms with E-state index in [1.807, 2.05) is 32.9 Å². The third-order valence-electron chi connectivity index (χ3n) is 4.43. The first kappa shape index (κ1) is 13.6. The summed E-state index contributed by atoms with van der Waals surface area (Å²) in [6, 6.07) is 3.98. The summed E-state index contributed by atoms with van der Waals surface area (Å²) in [6.07, 6.45) is 0.997. The number of nitrogens with one attached hydrogen (secondary N) is 1. The Bertz CT molecular complexity index is 559. The first-order valence-corrected chi connectivity index (χ1v) is 7.17. The second kappa shape index (κ2) is 4.57. The van der Waals surface area contributed by atoms with Crippen molar-refractivity contribution in [2.75, 3.05) is 11.9 Å². The first-order chi connectivity index (χ1) is 9.41. The number of benzene rings is 1. The number of aliphatic hydroxyl groups is 1. The predicted octanol–water partition coefficient (Wildman–Crippen LogP) is 2.44. The van der Waals surface area contributed by atoms with Crippen LogP contribution < -0.4 is 5.32 Å². The molecule has 2 aliphatic rings. The summed E-state index contributed by atoms with van der Waals surface area (Å²) in [7, 11) is 0. The summed E-state index contributed by atoms with van der Waals surface area (Å²) in [6.45, 7) is 6.52. The Hall–Kier alpha value is -1.39. The van der Waals surface area contributed by atoms with Gasteiger partial charge in [0, 0.05) is 12.2 Å². The molecule has 0 bridgehead atoms. The third kappa shape index (κ3) is 1.95. The van der Waals surface area contributed by atoms with Crippen molar-refractivity contribution in [3.63, 3.8) is 0 Å². The van der Waals surface area contributed by atoms with Crippen molar-refractivity contribution in [1.82, 2.24) is 0 Å². The lowest BCUT2D eigenvalue weighted by Gasteiger charge is -2.22. The smallest absolute Gasteiger partial charge is 0.234 e. The van der Waals surface area contributed by atoms with E-state index in [2.05, 4.69) is 5.32 Å². The molecule has 4 heteroatoms. The van der Waals surface area contributed by atoms with E-state index in [0.717, 1.165) is 35.2 Å². The van der Waals surface area contributed by atoms with Gasteiger partial charge in [-0.05, 0) is 39.2 Å². The van der Waals surface area contributed by atoms with Crippen molar-refractivity contribution in [2.45, 2.75) is 51.2 Å². The lowest BCUT2D eigenvalue weighted by atomic mass is 9.83. The van der Waals surface area contributed by atoms with Gasteiger partial charge >= 0.3 is 0 Å². The van der Waals surface area contributed by atoms with Gasteiger partial charge in [0.2, 0.25) is 5.91 Å². The molecule has 1 aromatic rings. The van der Waals surface area contributed by atoms with Crippen LogP contribution in [0, 0.1) is 6.92 Å². The first-order valence-electron chi connectivity index (χ1n) is 7.17. The lowest BCUT2D eigenvalue weighted by molar-refractivity contribution is -0.119. The molecule has 108 valence electrons. The number of aryl methyl sites for hydroxylation is 1. The SMILES string of the molecule is Cc1cc(C(O)C2CCCO2)c2c(c1)C(C)(C)C(=O)N2. The molecule has 2 unspecified atom stereocenters. The molecule has 0 radical (unpaired) electrons. The van der Waals surface area contributed by atoms with Gasteiger partial charge in [-0.1, -0.05) is 17.7 Å².